The highest BCUT2D eigenvalue weighted by Crippen LogP contribution is 2.34. The van der Waals surface area contributed by atoms with Gasteiger partial charge in [-0.3, -0.25) is 9.48 Å². The van der Waals surface area contributed by atoms with E-state index in [1.807, 2.05) is 25.2 Å². The van der Waals surface area contributed by atoms with Crippen LogP contribution in [0.25, 0.3) is 0 Å². The molecule has 2 N–H and O–H groups in total. The van der Waals surface area contributed by atoms with E-state index in [1.54, 1.807) is 10.9 Å². The third-order valence-corrected chi connectivity index (χ3v) is 5.18. The third kappa shape index (κ3) is 4.31. The second-order valence-corrected chi connectivity index (χ2v) is 6.93. The first-order valence-corrected chi connectivity index (χ1v) is 9.11. The van der Waals surface area contributed by atoms with Crippen LogP contribution in [0.15, 0.2) is 36.5 Å². The minimum atomic E-state index is -0.970. The van der Waals surface area contributed by atoms with Gasteiger partial charge < -0.3 is 10.4 Å². The molecular formula is C20H25N3O3. The normalized spacial score (nSPS) is 17.3. The number of amides is 1. The average Bonchev–Trinajstić information content (AvgIpc) is 3.04. The van der Waals surface area contributed by atoms with Gasteiger partial charge in [-0.25, -0.2) is 4.79 Å². The third-order valence-electron chi connectivity index (χ3n) is 5.18. The Morgan fingerprint density at radius 3 is 2.88 bits per heavy atom. The SMILES string of the molecule is Cn1nccc1CCC(=O)NC(CC1CCCc2ccccc21)C(=O)O. The lowest BCUT2D eigenvalue weighted by Crippen LogP contribution is -2.42. The Labute approximate surface area is 153 Å². The molecule has 1 aliphatic rings. The molecule has 1 aliphatic carbocycles. The van der Waals surface area contributed by atoms with Crippen LogP contribution in [0.3, 0.4) is 0 Å². The van der Waals surface area contributed by atoms with Crippen LogP contribution >= 0.6 is 0 Å². The summed E-state index contributed by atoms with van der Waals surface area (Å²) in [4.78, 5) is 23.9. The van der Waals surface area contributed by atoms with Gasteiger partial charge in [0, 0.05) is 25.4 Å². The Balaban J connectivity index is 1.60. The number of hydrogen-bond acceptors (Lipinski definition) is 3. The molecule has 6 heteroatoms. The summed E-state index contributed by atoms with van der Waals surface area (Å²) < 4.78 is 1.72. The monoisotopic (exact) mass is 355 g/mol. The van der Waals surface area contributed by atoms with Gasteiger partial charge in [0.1, 0.15) is 6.04 Å². The number of carboxylic acids is 1. The fraction of sp³-hybridized carbons (Fsp3) is 0.450. The summed E-state index contributed by atoms with van der Waals surface area (Å²) in [5.41, 5.74) is 3.48. The van der Waals surface area contributed by atoms with E-state index in [2.05, 4.69) is 22.5 Å². The number of nitrogens with zero attached hydrogens (tertiary/aromatic N) is 2. The Morgan fingerprint density at radius 2 is 2.15 bits per heavy atom. The minimum absolute atomic E-state index is 0.179. The van der Waals surface area contributed by atoms with E-state index in [0.29, 0.717) is 12.8 Å². The summed E-state index contributed by atoms with van der Waals surface area (Å²) >= 11 is 0. The van der Waals surface area contributed by atoms with Gasteiger partial charge >= 0.3 is 5.97 Å². The number of carbonyl (C=O) groups excluding carboxylic acids is 1. The number of nitrogens with one attached hydrogen (secondary N) is 1. The number of aromatic nitrogens is 2. The maximum absolute atomic E-state index is 12.2. The standard InChI is InChI=1S/C20H25N3O3/c1-23-16(11-12-21-23)9-10-19(24)22-18(20(25)26)13-15-7-4-6-14-5-2-3-8-17(14)15/h2-3,5,8,11-12,15,18H,4,6-7,9-10,13H2,1H3,(H,22,24)(H,25,26). The number of rotatable bonds is 7. The maximum atomic E-state index is 12.2. The number of aliphatic carboxylic acids is 1. The molecular weight excluding hydrogens is 330 g/mol. The highest BCUT2D eigenvalue weighted by molar-refractivity contribution is 5.83. The molecule has 1 amide bonds. The van der Waals surface area contributed by atoms with E-state index in [-0.39, 0.29) is 18.2 Å². The van der Waals surface area contributed by atoms with E-state index >= 15 is 0 Å². The molecule has 0 saturated heterocycles. The van der Waals surface area contributed by atoms with Gasteiger partial charge in [0.15, 0.2) is 0 Å². The predicted molar refractivity (Wildman–Crippen MR) is 97.8 cm³/mol. The number of carboxylic acid groups (broad SMARTS) is 1. The molecule has 6 nitrogen and oxygen atoms in total. The number of aryl methyl sites for hydroxylation is 3. The quantitative estimate of drug-likeness (QED) is 0.799. The van der Waals surface area contributed by atoms with Crippen molar-refractivity contribution in [3.63, 3.8) is 0 Å². The molecule has 0 spiro atoms. The molecule has 1 aromatic heterocycles. The van der Waals surface area contributed by atoms with E-state index in [1.165, 1.54) is 11.1 Å². The molecule has 0 aliphatic heterocycles. The lowest BCUT2D eigenvalue weighted by Gasteiger charge is -2.28. The molecule has 2 aromatic rings. The zero-order chi connectivity index (χ0) is 18.5. The average molecular weight is 355 g/mol. The van der Waals surface area contributed by atoms with Gasteiger partial charge in [0.2, 0.25) is 5.91 Å². The number of fused-ring (bicyclic) bond motifs is 1. The molecule has 0 fully saturated rings. The van der Waals surface area contributed by atoms with Gasteiger partial charge in [-0.05, 0) is 55.2 Å². The lowest BCUT2D eigenvalue weighted by molar-refractivity contribution is -0.142. The molecule has 138 valence electrons. The summed E-state index contributed by atoms with van der Waals surface area (Å²) in [6.07, 6.45) is 5.98. The first-order chi connectivity index (χ1) is 12.5. The first-order valence-electron chi connectivity index (χ1n) is 9.11. The first kappa shape index (κ1) is 18.2. The summed E-state index contributed by atoms with van der Waals surface area (Å²) in [7, 11) is 1.83. The van der Waals surface area contributed by atoms with Gasteiger partial charge in [-0.2, -0.15) is 5.10 Å². The van der Waals surface area contributed by atoms with E-state index in [4.69, 9.17) is 0 Å². The molecule has 3 rings (SSSR count). The number of benzene rings is 1. The van der Waals surface area contributed by atoms with Crippen molar-refractivity contribution in [1.82, 2.24) is 15.1 Å². The van der Waals surface area contributed by atoms with Crippen molar-refractivity contribution in [2.45, 2.75) is 50.5 Å². The van der Waals surface area contributed by atoms with Gasteiger partial charge in [0.25, 0.3) is 0 Å². The van der Waals surface area contributed by atoms with Crippen LogP contribution in [0, 0.1) is 0 Å². The zero-order valence-electron chi connectivity index (χ0n) is 15.0. The van der Waals surface area contributed by atoms with Crippen LogP contribution < -0.4 is 5.32 Å². The Kier molecular flexibility index (Phi) is 5.71. The summed E-state index contributed by atoms with van der Waals surface area (Å²) in [6, 6.07) is 9.23. The van der Waals surface area contributed by atoms with Crippen LogP contribution in [0.1, 0.15) is 48.4 Å². The summed E-state index contributed by atoms with van der Waals surface area (Å²) in [6.45, 7) is 0. The molecule has 0 radical (unpaired) electrons. The van der Waals surface area contributed by atoms with E-state index in [0.717, 1.165) is 25.0 Å². The van der Waals surface area contributed by atoms with Gasteiger partial charge in [-0.15, -0.1) is 0 Å². The fourth-order valence-corrected chi connectivity index (χ4v) is 3.76. The Morgan fingerprint density at radius 1 is 1.35 bits per heavy atom. The lowest BCUT2D eigenvalue weighted by atomic mass is 9.79. The van der Waals surface area contributed by atoms with Crippen molar-refractivity contribution in [2.24, 2.45) is 7.05 Å². The largest absolute Gasteiger partial charge is 0.480 e. The molecule has 0 saturated carbocycles. The summed E-state index contributed by atoms with van der Waals surface area (Å²) in [5.74, 6) is -1.02. The Bertz CT molecular complexity index is 784. The smallest absolute Gasteiger partial charge is 0.326 e. The summed E-state index contributed by atoms with van der Waals surface area (Å²) in [5, 5.41) is 16.3. The van der Waals surface area contributed by atoms with Crippen LogP contribution in [0.2, 0.25) is 0 Å². The topological polar surface area (TPSA) is 84.2 Å². The van der Waals surface area contributed by atoms with Crippen molar-refractivity contribution < 1.29 is 14.7 Å². The van der Waals surface area contributed by atoms with Gasteiger partial charge in [-0.1, -0.05) is 24.3 Å². The zero-order valence-corrected chi connectivity index (χ0v) is 15.0. The van der Waals surface area contributed by atoms with Crippen LogP contribution in [0.4, 0.5) is 0 Å². The number of carbonyl (C=O) groups is 2. The van der Waals surface area contributed by atoms with Crippen molar-refractivity contribution >= 4 is 11.9 Å². The molecule has 2 unspecified atom stereocenters. The molecule has 1 heterocycles. The highest BCUT2D eigenvalue weighted by atomic mass is 16.4. The van der Waals surface area contributed by atoms with Crippen LogP contribution in [-0.4, -0.2) is 32.8 Å². The predicted octanol–water partition coefficient (Wildman–Crippen LogP) is 2.43. The van der Waals surface area contributed by atoms with Crippen LogP contribution in [-0.2, 0) is 29.5 Å². The van der Waals surface area contributed by atoms with Gasteiger partial charge in [0.05, 0.1) is 0 Å². The molecule has 1 aromatic carbocycles. The van der Waals surface area contributed by atoms with Crippen molar-refractivity contribution in [3.05, 3.63) is 53.3 Å². The molecule has 26 heavy (non-hydrogen) atoms. The molecule has 0 bridgehead atoms. The van der Waals surface area contributed by atoms with E-state index in [9.17, 15) is 14.7 Å². The van der Waals surface area contributed by atoms with Crippen LogP contribution in [0.5, 0.6) is 0 Å². The molecule has 2 atom stereocenters. The highest BCUT2D eigenvalue weighted by Gasteiger charge is 2.28. The second kappa shape index (κ2) is 8.17. The van der Waals surface area contributed by atoms with Crippen molar-refractivity contribution in [1.29, 1.82) is 0 Å². The van der Waals surface area contributed by atoms with E-state index < -0.39 is 12.0 Å². The number of hydrogen-bond donors (Lipinski definition) is 2. The maximum Gasteiger partial charge on any atom is 0.326 e. The van der Waals surface area contributed by atoms with Crippen molar-refractivity contribution in [2.75, 3.05) is 0 Å². The Hall–Kier alpha value is -2.63. The minimum Gasteiger partial charge on any atom is -0.480 e. The van der Waals surface area contributed by atoms with Crippen molar-refractivity contribution in [3.8, 4) is 0 Å². The second-order valence-electron chi connectivity index (χ2n) is 6.93. The fourth-order valence-electron chi connectivity index (χ4n) is 3.76.